The Bertz CT molecular complexity index is 1520. The molecule has 2 spiro atoms. The zero-order valence-corrected chi connectivity index (χ0v) is 30.0. The zero-order chi connectivity index (χ0) is 36.6. The largest absolute Gasteiger partial charge is 0.356 e. The number of nitrogens with one attached hydrogen (secondary N) is 4. The number of hydrogen-bond donors (Lipinski definition) is 6. The first kappa shape index (κ1) is 38.0. The Labute approximate surface area is 301 Å². The molecule has 2 aromatic carbocycles. The van der Waals surface area contributed by atoms with Crippen molar-refractivity contribution in [2.75, 3.05) is 26.2 Å². The Hall–Kier alpha value is -4.29. The summed E-state index contributed by atoms with van der Waals surface area (Å²) in [5.41, 5.74) is 13.8. The Kier molecular flexibility index (Phi) is 12.5. The number of carbonyl (C=O) groups excluding carboxylic acids is 5. The highest BCUT2D eigenvalue weighted by Crippen LogP contribution is 2.61. The monoisotopic (exact) mass is 701 g/mol. The van der Waals surface area contributed by atoms with E-state index in [1.807, 2.05) is 79.4 Å². The minimum Gasteiger partial charge on any atom is -0.356 e. The maximum atomic E-state index is 13.9. The molecule has 276 valence electrons. The van der Waals surface area contributed by atoms with Gasteiger partial charge in [-0.2, -0.15) is 0 Å². The molecule has 12 nitrogen and oxygen atoms in total. The summed E-state index contributed by atoms with van der Waals surface area (Å²) < 4.78 is 0. The summed E-state index contributed by atoms with van der Waals surface area (Å²) in [6.45, 7) is 6.33. The highest BCUT2D eigenvalue weighted by Gasteiger charge is 2.62. The topological polar surface area (TPSA) is 189 Å². The molecule has 12 heteroatoms. The minimum absolute atomic E-state index is 0.0219. The van der Waals surface area contributed by atoms with Crippen LogP contribution in [0.1, 0.15) is 69.9 Å². The molecule has 0 aromatic heterocycles. The molecule has 2 heterocycles. The van der Waals surface area contributed by atoms with E-state index >= 15 is 0 Å². The van der Waals surface area contributed by atoms with Crippen LogP contribution in [0.2, 0.25) is 0 Å². The van der Waals surface area contributed by atoms with Crippen LogP contribution in [0.5, 0.6) is 0 Å². The van der Waals surface area contributed by atoms with E-state index in [9.17, 15) is 24.0 Å². The molecule has 5 rings (SSSR count). The minimum atomic E-state index is -0.987. The highest BCUT2D eigenvalue weighted by molar-refractivity contribution is 5.95. The second-order valence-electron chi connectivity index (χ2n) is 15.6. The van der Waals surface area contributed by atoms with Crippen molar-refractivity contribution >= 4 is 29.5 Å². The Morgan fingerprint density at radius 2 is 1.35 bits per heavy atom. The molecule has 51 heavy (non-hydrogen) atoms. The lowest BCUT2D eigenvalue weighted by Gasteiger charge is -2.63. The average molecular weight is 702 g/mol. The first-order valence-electron chi connectivity index (χ1n) is 18.4. The molecule has 4 atom stereocenters. The van der Waals surface area contributed by atoms with Gasteiger partial charge >= 0.3 is 0 Å². The molecule has 0 unspecified atom stereocenters. The summed E-state index contributed by atoms with van der Waals surface area (Å²) in [5, 5.41) is 11.7. The first-order chi connectivity index (χ1) is 24.4. The van der Waals surface area contributed by atoms with E-state index in [1.165, 1.54) is 0 Å². The predicted octanol–water partition coefficient (Wildman–Crippen LogP) is 1.56. The van der Waals surface area contributed by atoms with Gasteiger partial charge in [0, 0.05) is 37.9 Å². The van der Waals surface area contributed by atoms with Gasteiger partial charge < -0.3 is 37.6 Å². The maximum Gasteiger partial charge on any atom is 0.245 e. The van der Waals surface area contributed by atoms with Crippen molar-refractivity contribution in [1.29, 1.82) is 0 Å². The van der Waals surface area contributed by atoms with Crippen molar-refractivity contribution in [3.63, 3.8) is 0 Å². The molecule has 2 aliphatic heterocycles. The van der Waals surface area contributed by atoms with Gasteiger partial charge in [-0.3, -0.25) is 24.0 Å². The fraction of sp³-hybridized carbons (Fsp3) is 0.564. The van der Waals surface area contributed by atoms with E-state index in [4.69, 9.17) is 11.5 Å². The molecule has 1 aliphatic carbocycles. The number of benzene rings is 2. The van der Waals surface area contributed by atoms with Crippen LogP contribution < -0.4 is 32.7 Å². The summed E-state index contributed by atoms with van der Waals surface area (Å²) in [5.74, 6) is -1.40. The zero-order valence-electron chi connectivity index (χ0n) is 30.0. The van der Waals surface area contributed by atoms with Gasteiger partial charge in [-0.15, -0.1) is 0 Å². The number of hydrogen-bond acceptors (Lipinski definition) is 7. The third-order valence-corrected chi connectivity index (χ3v) is 10.5. The number of unbranched alkanes of at least 4 members (excludes halogenated alkanes) is 1. The van der Waals surface area contributed by atoms with Gasteiger partial charge in [-0.25, -0.2) is 0 Å². The van der Waals surface area contributed by atoms with Gasteiger partial charge in [0.25, 0.3) is 0 Å². The van der Waals surface area contributed by atoms with Crippen LogP contribution in [0.15, 0.2) is 60.7 Å². The molecule has 2 saturated heterocycles. The summed E-state index contributed by atoms with van der Waals surface area (Å²) in [6.07, 6.45) is 5.06. The summed E-state index contributed by atoms with van der Waals surface area (Å²) in [4.78, 5) is 68.6. The van der Waals surface area contributed by atoms with E-state index in [1.54, 1.807) is 0 Å². The summed E-state index contributed by atoms with van der Waals surface area (Å²) in [7, 11) is 0. The molecular formula is C39H55N7O5. The third-order valence-electron chi connectivity index (χ3n) is 10.5. The van der Waals surface area contributed by atoms with Gasteiger partial charge in [0.05, 0.1) is 6.04 Å². The van der Waals surface area contributed by atoms with E-state index in [0.717, 1.165) is 24.0 Å². The lowest BCUT2D eigenvalue weighted by Crippen LogP contribution is -2.69. The Balaban J connectivity index is 1.24. The number of carbonyl (C=O) groups is 5. The smallest absolute Gasteiger partial charge is 0.245 e. The quantitative estimate of drug-likeness (QED) is 0.135. The summed E-state index contributed by atoms with van der Waals surface area (Å²) >= 11 is 0. The van der Waals surface area contributed by atoms with Gasteiger partial charge in [0.15, 0.2) is 0 Å². The average Bonchev–Trinajstić information content (AvgIpc) is 3.46. The first-order valence-corrected chi connectivity index (χ1v) is 18.4. The molecule has 0 radical (unpaired) electrons. The molecular weight excluding hydrogens is 646 g/mol. The van der Waals surface area contributed by atoms with Gasteiger partial charge in [-0.05, 0) is 74.0 Å². The normalized spacial score (nSPS) is 19.3. The van der Waals surface area contributed by atoms with Crippen LogP contribution in [0.3, 0.4) is 0 Å². The van der Waals surface area contributed by atoms with E-state index in [0.29, 0.717) is 64.7 Å². The number of likely N-dealkylation sites (tertiary alicyclic amines) is 1. The molecule has 3 fully saturated rings. The number of nitrogens with two attached hydrogens (primary N) is 2. The Morgan fingerprint density at radius 3 is 1.92 bits per heavy atom. The fourth-order valence-corrected chi connectivity index (χ4v) is 8.20. The third kappa shape index (κ3) is 9.94. The van der Waals surface area contributed by atoms with Crippen LogP contribution in [0, 0.1) is 16.7 Å². The van der Waals surface area contributed by atoms with Gasteiger partial charge in [-0.1, -0.05) is 74.5 Å². The van der Waals surface area contributed by atoms with Crippen molar-refractivity contribution in [3.05, 3.63) is 71.8 Å². The van der Waals surface area contributed by atoms with Crippen molar-refractivity contribution in [2.45, 2.75) is 95.8 Å². The lowest BCUT2D eigenvalue weighted by molar-refractivity contribution is -0.169. The molecule has 0 bridgehead atoms. The Morgan fingerprint density at radius 1 is 0.784 bits per heavy atom. The SMILES string of the molecule is CC(C)C[C@@H](NC(=O)[C@@H](Cc1ccccc1)NC(=O)[C@H](N)Cc1ccccc1)C(=O)N[C@H](CCCCN)C(=O)N1CC2(C1)CC1(CNC(=O)C1)C2. The van der Waals surface area contributed by atoms with Crippen LogP contribution >= 0.6 is 0 Å². The van der Waals surface area contributed by atoms with Gasteiger partial charge in [0.1, 0.15) is 18.1 Å². The van der Waals surface area contributed by atoms with E-state index in [2.05, 4.69) is 21.3 Å². The van der Waals surface area contributed by atoms with Crippen LogP contribution in [-0.2, 0) is 36.8 Å². The predicted molar refractivity (Wildman–Crippen MR) is 195 cm³/mol. The molecule has 1 saturated carbocycles. The lowest BCUT2D eigenvalue weighted by atomic mass is 9.49. The number of nitrogens with zero attached hydrogens (tertiary/aromatic N) is 1. The molecule has 2 aromatic rings. The van der Waals surface area contributed by atoms with Crippen molar-refractivity contribution in [3.8, 4) is 0 Å². The van der Waals surface area contributed by atoms with Gasteiger partial charge in [0.2, 0.25) is 29.5 Å². The van der Waals surface area contributed by atoms with E-state index < -0.39 is 41.9 Å². The fourth-order valence-electron chi connectivity index (χ4n) is 8.20. The molecule has 3 aliphatic rings. The molecule has 8 N–H and O–H groups in total. The number of rotatable bonds is 17. The second kappa shape index (κ2) is 16.8. The number of amides is 5. The highest BCUT2D eigenvalue weighted by atomic mass is 16.2. The standard InChI is InChI=1S/C39H55N7O5/c1-26(2)17-31(45-36(50)32(19-28-13-7-4-8-14-28)44-34(48)29(41)18-27-11-5-3-6-12-27)35(49)43-30(15-9-10-16-40)37(51)46-24-39(25-46)21-38(22-39)20-33(47)42-23-38/h3-8,11-14,26,29-32H,9-10,15-25,40-41H2,1-2H3,(H,42,47)(H,43,49)(H,44,48)(H,45,50)/t29-,30-,31-,32-/m1/s1. The van der Waals surface area contributed by atoms with Crippen molar-refractivity contribution in [2.24, 2.45) is 28.2 Å². The van der Waals surface area contributed by atoms with E-state index in [-0.39, 0.29) is 35.0 Å². The van der Waals surface area contributed by atoms with Crippen LogP contribution in [0.4, 0.5) is 0 Å². The maximum absolute atomic E-state index is 13.9. The molecule has 5 amide bonds. The van der Waals surface area contributed by atoms with Crippen molar-refractivity contribution in [1.82, 2.24) is 26.2 Å². The van der Waals surface area contributed by atoms with Crippen LogP contribution in [0.25, 0.3) is 0 Å². The van der Waals surface area contributed by atoms with Crippen molar-refractivity contribution < 1.29 is 24.0 Å². The van der Waals surface area contributed by atoms with Crippen LogP contribution in [-0.4, -0.2) is 84.8 Å². The summed E-state index contributed by atoms with van der Waals surface area (Å²) in [6, 6.07) is 15.2. The second-order valence-corrected chi connectivity index (χ2v) is 15.6.